The van der Waals surface area contributed by atoms with Gasteiger partial charge in [0, 0.05) is 5.39 Å². The number of rotatable bonds is 2. The summed E-state index contributed by atoms with van der Waals surface area (Å²) in [6, 6.07) is 5.32. The number of guanidine groups is 1. The van der Waals surface area contributed by atoms with E-state index in [1.165, 1.54) is 13.4 Å². The number of nitrogens with two attached hydrogens (primary N) is 2. The number of furan rings is 1. The zero-order valence-electron chi connectivity index (χ0n) is 9.14. The number of ether oxygens (including phenoxy) is 1. The van der Waals surface area contributed by atoms with Gasteiger partial charge in [0.2, 0.25) is 5.76 Å². The summed E-state index contributed by atoms with van der Waals surface area (Å²) in [4.78, 5) is 15.1. The van der Waals surface area contributed by atoms with Crippen molar-refractivity contribution in [3.05, 3.63) is 30.2 Å². The molecule has 1 heterocycles. The molecule has 0 fully saturated rings. The summed E-state index contributed by atoms with van der Waals surface area (Å²) in [5.74, 6) is -0.352. The minimum Gasteiger partial charge on any atom is -0.496 e. The Hall–Kier alpha value is -2.50. The molecular formula is C11H11N3O3. The van der Waals surface area contributed by atoms with Gasteiger partial charge in [-0.05, 0) is 6.07 Å². The van der Waals surface area contributed by atoms with Crippen molar-refractivity contribution in [1.82, 2.24) is 0 Å². The molecule has 2 aromatic rings. The molecule has 0 aliphatic carbocycles. The summed E-state index contributed by atoms with van der Waals surface area (Å²) in [5, 5.41) is 1.31. The molecule has 4 N–H and O–H groups in total. The Labute approximate surface area is 96.9 Å². The fraction of sp³-hybridized carbons (Fsp3) is 0.0909. The molecule has 1 aromatic heterocycles. The van der Waals surface area contributed by atoms with Crippen LogP contribution >= 0.6 is 0 Å². The van der Waals surface area contributed by atoms with Gasteiger partial charge in [-0.15, -0.1) is 0 Å². The van der Waals surface area contributed by atoms with Crippen LogP contribution in [0.25, 0.3) is 10.8 Å². The lowest BCUT2D eigenvalue weighted by Crippen LogP contribution is -2.24. The molecule has 0 aliphatic heterocycles. The first kappa shape index (κ1) is 11.0. The molecule has 0 unspecified atom stereocenters. The number of carbonyl (C=O) groups is 1. The van der Waals surface area contributed by atoms with Gasteiger partial charge < -0.3 is 20.6 Å². The number of amides is 1. The number of carbonyl (C=O) groups excluding carboxylic acids is 1. The molecule has 0 saturated heterocycles. The second-order valence-electron chi connectivity index (χ2n) is 3.33. The number of nitrogens with zero attached hydrogens (tertiary/aromatic N) is 1. The van der Waals surface area contributed by atoms with E-state index in [1.54, 1.807) is 18.2 Å². The van der Waals surface area contributed by atoms with Crippen LogP contribution in [0.4, 0.5) is 0 Å². The maximum atomic E-state index is 11.7. The number of hydrogen-bond acceptors (Lipinski definition) is 3. The highest BCUT2D eigenvalue weighted by molar-refractivity contribution is 6.10. The third-order valence-electron chi connectivity index (χ3n) is 2.23. The largest absolute Gasteiger partial charge is 0.496 e. The van der Waals surface area contributed by atoms with Crippen LogP contribution in [0.15, 0.2) is 33.9 Å². The lowest BCUT2D eigenvalue weighted by Gasteiger charge is -2.01. The van der Waals surface area contributed by atoms with Crippen LogP contribution in [-0.2, 0) is 0 Å². The second kappa shape index (κ2) is 4.17. The van der Waals surface area contributed by atoms with Gasteiger partial charge in [0.05, 0.1) is 18.8 Å². The molecule has 0 bridgehead atoms. The third kappa shape index (κ3) is 1.92. The lowest BCUT2D eigenvalue weighted by atomic mass is 10.1. The lowest BCUT2D eigenvalue weighted by molar-refractivity contribution is 0.0978. The Kier molecular flexibility index (Phi) is 2.70. The standard InChI is InChI=1S/C11H11N3O3/c1-16-7-4-2-3-6-5-17-9(8(6)7)10(15)14-11(12)13/h2-5H,1H3,(H4,12,13,14,15). The van der Waals surface area contributed by atoms with Crippen molar-refractivity contribution in [2.24, 2.45) is 16.5 Å². The number of hydrogen-bond donors (Lipinski definition) is 2. The van der Waals surface area contributed by atoms with Crippen LogP contribution < -0.4 is 16.2 Å². The van der Waals surface area contributed by atoms with Crippen LogP contribution in [0, 0.1) is 0 Å². The van der Waals surface area contributed by atoms with E-state index in [0.717, 1.165) is 5.39 Å². The van der Waals surface area contributed by atoms with Crippen molar-refractivity contribution in [2.45, 2.75) is 0 Å². The summed E-state index contributed by atoms with van der Waals surface area (Å²) in [6.07, 6.45) is 1.45. The van der Waals surface area contributed by atoms with Gasteiger partial charge in [-0.1, -0.05) is 12.1 Å². The van der Waals surface area contributed by atoms with Gasteiger partial charge in [0.25, 0.3) is 0 Å². The Balaban J connectivity index is 2.63. The van der Waals surface area contributed by atoms with Gasteiger partial charge in [-0.2, -0.15) is 4.99 Å². The van der Waals surface area contributed by atoms with Crippen molar-refractivity contribution in [3.8, 4) is 5.75 Å². The topological polar surface area (TPSA) is 104 Å². The predicted octanol–water partition coefficient (Wildman–Crippen LogP) is 0.855. The van der Waals surface area contributed by atoms with E-state index < -0.39 is 5.91 Å². The van der Waals surface area contributed by atoms with Gasteiger partial charge in [0.15, 0.2) is 5.96 Å². The molecule has 0 atom stereocenters. The molecule has 0 radical (unpaired) electrons. The SMILES string of the molecule is COc1cccc2coc(C(=O)N=C(N)N)c12. The number of aliphatic imine (C=N–C) groups is 1. The second-order valence-corrected chi connectivity index (χ2v) is 3.33. The molecule has 0 saturated carbocycles. The fourth-order valence-electron chi connectivity index (χ4n) is 1.57. The monoisotopic (exact) mass is 233 g/mol. The average molecular weight is 233 g/mol. The summed E-state index contributed by atoms with van der Waals surface area (Å²) in [6.45, 7) is 0. The van der Waals surface area contributed by atoms with Crippen LogP contribution in [-0.4, -0.2) is 19.0 Å². The van der Waals surface area contributed by atoms with Gasteiger partial charge in [0.1, 0.15) is 5.75 Å². The third-order valence-corrected chi connectivity index (χ3v) is 2.23. The maximum Gasteiger partial charge on any atom is 0.316 e. The first-order chi connectivity index (χ1) is 8.13. The molecule has 0 spiro atoms. The van der Waals surface area contributed by atoms with E-state index in [0.29, 0.717) is 11.1 Å². The van der Waals surface area contributed by atoms with Gasteiger partial charge in [-0.25, -0.2) is 0 Å². The van der Waals surface area contributed by atoms with Crippen LogP contribution in [0.1, 0.15) is 10.6 Å². The van der Waals surface area contributed by atoms with E-state index in [-0.39, 0.29) is 11.7 Å². The predicted molar refractivity (Wildman–Crippen MR) is 62.9 cm³/mol. The molecular weight excluding hydrogens is 222 g/mol. The summed E-state index contributed by atoms with van der Waals surface area (Å²) < 4.78 is 10.3. The first-order valence-corrected chi connectivity index (χ1v) is 4.81. The van der Waals surface area contributed by atoms with Crippen molar-refractivity contribution in [3.63, 3.8) is 0 Å². The van der Waals surface area contributed by atoms with Gasteiger partial charge in [-0.3, -0.25) is 4.79 Å². The Morgan fingerprint density at radius 2 is 2.18 bits per heavy atom. The Morgan fingerprint density at radius 1 is 1.41 bits per heavy atom. The van der Waals surface area contributed by atoms with Crippen LogP contribution in [0.5, 0.6) is 5.75 Å². The summed E-state index contributed by atoms with van der Waals surface area (Å²) in [5.41, 5.74) is 10.3. The molecule has 6 heteroatoms. The van der Waals surface area contributed by atoms with Crippen LogP contribution in [0.2, 0.25) is 0 Å². The zero-order chi connectivity index (χ0) is 12.4. The van der Waals surface area contributed by atoms with Crippen molar-refractivity contribution >= 4 is 22.6 Å². The molecule has 1 amide bonds. The highest BCUT2D eigenvalue weighted by atomic mass is 16.5. The highest BCUT2D eigenvalue weighted by Gasteiger charge is 2.17. The van der Waals surface area contributed by atoms with E-state index in [4.69, 9.17) is 20.6 Å². The number of methoxy groups -OCH3 is 1. The molecule has 0 aliphatic rings. The average Bonchev–Trinajstić information content (AvgIpc) is 2.71. The van der Waals surface area contributed by atoms with Crippen molar-refractivity contribution in [2.75, 3.05) is 7.11 Å². The summed E-state index contributed by atoms with van der Waals surface area (Å²) in [7, 11) is 1.51. The minimum atomic E-state index is -0.635. The Bertz CT molecular complexity index is 597. The van der Waals surface area contributed by atoms with Crippen molar-refractivity contribution in [1.29, 1.82) is 0 Å². The molecule has 17 heavy (non-hydrogen) atoms. The number of fused-ring (bicyclic) bond motifs is 1. The quantitative estimate of drug-likeness (QED) is 0.591. The van der Waals surface area contributed by atoms with E-state index in [2.05, 4.69) is 4.99 Å². The fourth-order valence-corrected chi connectivity index (χ4v) is 1.57. The van der Waals surface area contributed by atoms with Crippen LogP contribution in [0.3, 0.4) is 0 Å². The van der Waals surface area contributed by atoms with E-state index in [9.17, 15) is 4.79 Å². The van der Waals surface area contributed by atoms with E-state index in [1.807, 2.05) is 0 Å². The van der Waals surface area contributed by atoms with E-state index >= 15 is 0 Å². The smallest absolute Gasteiger partial charge is 0.316 e. The molecule has 6 nitrogen and oxygen atoms in total. The van der Waals surface area contributed by atoms with Crippen molar-refractivity contribution < 1.29 is 13.9 Å². The molecule has 2 rings (SSSR count). The zero-order valence-corrected chi connectivity index (χ0v) is 9.14. The minimum absolute atomic E-state index is 0.0610. The summed E-state index contributed by atoms with van der Waals surface area (Å²) >= 11 is 0. The molecule has 1 aromatic carbocycles. The number of benzene rings is 1. The first-order valence-electron chi connectivity index (χ1n) is 4.81. The highest BCUT2D eigenvalue weighted by Crippen LogP contribution is 2.30. The normalized spacial score (nSPS) is 10.2. The van der Waals surface area contributed by atoms with Gasteiger partial charge >= 0.3 is 5.91 Å². The Morgan fingerprint density at radius 3 is 2.82 bits per heavy atom. The maximum absolute atomic E-state index is 11.7. The molecule has 88 valence electrons.